The number of aryl methyl sites for hydroxylation is 1. The predicted molar refractivity (Wildman–Crippen MR) is 139 cm³/mol. The monoisotopic (exact) mass is 480 g/mol. The summed E-state index contributed by atoms with van der Waals surface area (Å²) in [7, 11) is 0. The van der Waals surface area contributed by atoms with Crippen molar-refractivity contribution in [2.24, 2.45) is 0 Å². The molecule has 0 fully saturated rings. The number of aromatic nitrogens is 3. The lowest BCUT2D eigenvalue weighted by atomic mass is 10.1. The fraction of sp³-hybridized carbons (Fsp3) is 0.143. The van der Waals surface area contributed by atoms with Crippen LogP contribution < -0.4 is 5.32 Å². The van der Waals surface area contributed by atoms with Crippen molar-refractivity contribution < 1.29 is 9.53 Å². The number of carbonyl (C=O) groups is 1. The van der Waals surface area contributed by atoms with Gasteiger partial charge in [0.2, 0.25) is 0 Å². The fourth-order valence-electron chi connectivity index (χ4n) is 3.91. The zero-order valence-corrected chi connectivity index (χ0v) is 20.1. The molecule has 3 heterocycles. The summed E-state index contributed by atoms with van der Waals surface area (Å²) in [5.74, 6) is 0.349. The van der Waals surface area contributed by atoms with Crippen molar-refractivity contribution in [2.45, 2.75) is 19.8 Å². The van der Waals surface area contributed by atoms with Crippen LogP contribution in [0.25, 0.3) is 10.2 Å². The molecule has 174 valence electrons. The molecule has 0 saturated carbocycles. The molecule has 1 N–H and O–H groups in total. The maximum atomic E-state index is 12.8. The number of ether oxygens (including phenoxy) is 1. The second-order valence-corrected chi connectivity index (χ2v) is 9.18. The normalized spacial score (nSPS) is 10.9. The van der Waals surface area contributed by atoms with E-state index in [9.17, 15) is 4.79 Å². The number of nitrogens with one attached hydrogen (secondary N) is 1. The Labute approximate surface area is 207 Å². The minimum Gasteiger partial charge on any atom is -0.461 e. The first-order valence-corrected chi connectivity index (χ1v) is 12.2. The Kier molecular flexibility index (Phi) is 6.77. The maximum Gasteiger partial charge on any atom is 0.348 e. The van der Waals surface area contributed by atoms with E-state index in [0.29, 0.717) is 23.7 Å². The number of thiophene rings is 1. The first kappa shape index (κ1) is 22.7. The third kappa shape index (κ3) is 5.36. The van der Waals surface area contributed by atoms with E-state index in [1.54, 1.807) is 0 Å². The van der Waals surface area contributed by atoms with Gasteiger partial charge in [-0.1, -0.05) is 42.5 Å². The number of benzene rings is 2. The Morgan fingerprint density at radius 1 is 0.914 bits per heavy atom. The standard InChI is InChI=1S/C28H24N4O2S/c1-19-24-26(32-23-9-7-21(8-10-23)17-22-11-14-29-15-12-22)30-18-31-27(24)35-25(19)28(33)34-16-13-20-5-3-2-4-6-20/h2-12,14-15,18H,13,16-17H2,1H3,(H,30,31,32). The van der Waals surface area contributed by atoms with Crippen molar-refractivity contribution in [3.8, 4) is 0 Å². The summed E-state index contributed by atoms with van der Waals surface area (Å²) < 4.78 is 5.56. The summed E-state index contributed by atoms with van der Waals surface area (Å²) in [5, 5.41) is 4.23. The van der Waals surface area contributed by atoms with Crippen LogP contribution >= 0.6 is 11.3 Å². The number of pyridine rings is 1. The van der Waals surface area contributed by atoms with E-state index in [1.807, 2.05) is 73.9 Å². The van der Waals surface area contributed by atoms with Crippen LogP contribution in [0.15, 0.2) is 85.5 Å². The van der Waals surface area contributed by atoms with Gasteiger partial charge in [0, 0.05) is 24.5 Å². The van der Waals surface area contributed by atoms with Crippen molar-refractivity contribution in [3.05, 3.63) is 113 Å². The molecule has 0 aliphatic heterocycles. The zero-order chi connectivity index (χ0) is 24.0. The lowest BCUT2D eigenvalue weighted by Crippen LogP contribution is -2.07. The van der Waals surface area contributed by atoms with E-state index in [4.69, 9.17) is 4.74 Å². The van der Waals surface area contributed by atoms with Gasteiger partial charge in [0.05, 0.1) is 12.0 Å². The molecule has 35 heavy (non-hydrogen) atoms. The molecule has 0 aliphatic rings. The van der Waals surface area contributed by atoms with Crippen LogP contribution in [-0.4, -0.2) is 27.5 Å². The Morgan fingerprint density at radius 2 is 1.66 bits per heavy atom. The third-order valence-corrected chi connectivity index (χ3v) is 6.93. The van der Waals surface area contributed by atoms with Crippen LogP contribution in [0.1, 0.15) is 31.9 Å². The molecule has 6 nitrogen and oxygen atoms in total. The molecule has 5 aromatic rings. The van der Waals surface area contributed by atoms with Crippen LogP contribution in [0.5, 0.6) is 0 Å². The maximum absolute atomic E-state index is 12.8. The number of hydrogen-bond donors (Lipinski definition) is 1. The Hall–Kier alpha value is -4.10. The van der Waals surface area contributed by atoms with E-state index in [0.717, 1.165) is 33.5 Å². The molecule has 0 bridgehead atoms. The molecule has 3 aromatic heterocycles. The van der Waals surface area contributed by atoms with E-state index in [1.165, 1.54) is 28.8 Å². The third-order valence-electron chi connectivity index (χ3n) is 5.75. The van der Waals surface area contributed by atoms with Gasteiger partial charge in [0.1, 0.15) is 21.9 Å². The highest BCUT2D eigenvalue weighted by molar-refractivity contribution is 7.20. The Balaban J connectivity index is 1.30. The summed E-state index contributed by atoms with van der Waals surface area (Å²) in [5.41, 5.74) is 5.31. The Bertz CT molecular complexity index is 1440. The summed E-state index contributed by atoms with van der Waals surface area (Å²) in [6.45, 7) is 2.25. The minimum absolute atomic E-state index is 0.326. The van der Waals surface area contributed by atoms with E-state index in [-0.39, 0.29) is 5.97 Å². The van der Waals surface area contributed by atoms with Gasteiger partial charge in [0.25, 0.3) is 0 Å². The lowest BCUT2D eigenvalue weighted by molar-refractivity contribution is 0.0514. The number of hydrogen-bond acceptors (Lipinski definition) is 7. The molecule has 0 aliphatic carbocycles. The van der Waals surface area contributed by atoms with Gasteiger partial charge in [-0.15, -0.1) is 11.3 Å². The molecular weight excluding hydrogens is 456 g/mol. The zero-order valence-electron chi connectivity index (χ0n) is 19.3. The fourth-order valence-corrected chi connectivity index (χ4v) is 4.95. The number of esters is 1. The largest absolute Gasteiger partial charge is 0.461 e. The second kappa shape index (κ2) is 10.4. The van der Waals surface area contributed by atoms with Gasteiger partial charge < -0.3 is 10.1 Å². The number of fused-ring (bicyclic) bond motifs is 1. The van der Waals surface area contributed by atoms with E-state index in [2.05, 4.69) is 32.4 Å². The number of carbonyl (C=O) groups excluding carboxylic acids is 1. The highest BCUT2D eigenvalue weighted by atomic mass is 32.1. The van der Waals surface area contributed by atoms with Crippen molar-refractivity contribution in [3.63, 3.8) is 0 Å². The SMILES string of the molecule is Cc1c(C(=O)OCCc2ccccc2)sc2ncnc(Nc3ccc(Cc4ccncc4)cc3)c12. The van der Waals surface area contributed by atoms with Gasteiger partial charge >= 0.3 is 5.97 Å². The van der Waals surface area contributed by atoms with Crippen molar-refractivity contribution in [2.75, 3.05) is 11.9 Å². The van der Waals surface area contributed by atoms with Gasteiger partial charge in [0.15, 0.2) is 0 Å². The molecule has 7 heteroatoms. The molecule has 2 aromatic carbocycles. The van der Waals surface area contributed by atoms with Crippen LogP contribution in [0.3, 0.4) is 0 Å². The average molecular weight is 481 g/mol. The van der Waals surface area contributed by atoms with Crippen molar-refractivity contribution in [1.82, 2.24) is 15.0 Å². The molecule has 0 amide bonds. The van der Waals surface area contributed by atoms with Crippen LogP contribution in [-0.2, 0) is 17.6 Å². The first-order chi connectivity index (χ1) is 17.2. The molecule has 0 unspecified atom stereocenters. The highest BCUT2D eigenvalue weighted by Gasteiger charge is 2.20. The molecule has 0 radical (unpaired) electrons. The summed E-state index contributed by atoms with van der Waals surface area (Å²) in [4.78, 5) is 27.0. The molecule has 0 atom stereocenters. The van der Waals surface area contributed by atoms with Gasteiger partial charge in [-0.3, -0.25) is 4.98 Å². The van der Waals surface area contributed by atoms with Gasteiger partial charge in [-0.25, -0.2) is 14.8 Å². The molecule has 0 spiro atoms. The average Bonchev–Trinajstić information content (AvgIpc) is 3.24. The van der Waals surface area contributed by atoms with Gasteiger partial charge in [-0.2, -0.15) is 0 Å². The van der Waals surface area contributed by atoms with Crippen LogP contribution in [0.2, 0.25) is 0 Å². The van der Waals surface area contributed by atoms with E-state index < -0.39 is 0 Å². The molecule has 5 rings (SSSR count). The van der Waals surface area contributed by atoms with Gasteiger partial charge in [-0.05, 0) is 59.9 Å². The first-order valence-electron chi connectivity index (χ1n) is 11.4. The smallest absolute Gasteiger partial charge is 0.348 e. The van der Waals surface area contributed by atoms with Crippen LogP contribution in [0, 0.1) is 6.92 Å². The quantitative estimate of drug-likeness (QED) is 0.269. The lowest BCUT2D eigenvalue weighted by Gasteiger charge is -2.09. The number of nitrogens with zero attached hydrogens (tertiary/aromatic N) is 3. The molecular formula is C28H24N4O2S. The van der Waals surface area contributed by atoms with Crippen molar-refractivity contribution >= 4 is 39.0 Å². The summed E-state index contributed by atoms with van der Waals surface area (Å²) in [6, 6.07) is 22.3. The highest BCUT2D eigenvalue weighted by Crippen LogP contribution is 2.35. The Morgan fingerprint density at radius 3 is 2.43 bits per heavy atom. The summed E-state index contributed by atoms with van der Waals surface area (Å²) >= 11 is 1.34. The summed E-state index contributed by atoms with van der Waals surface area (Å²) in [6.07, 6.45) is 6.66. The number of rotatable bonds is 8. The molecule has 0 saturated heterocycles. The van der Waals surface area contributed by atoms with E-state index >= 15 is 0 Å². The van der Waals surface area contributed by atoms with Crippen LogP contribution in [0.4, 0.5) is 11.5 Å². The predicted octanol–water partition coefficient (Wildman–Crippen LogP) is 6.13. The second-order valence-electron chi connectivity index (χ2n) is 8.18. The minimum atomic E-state index is -0.326. The number of anilines is 2. The van der Waals surface area contributed by atoms with Crippen molar-refractivity contribution in [1.29, 1.82) is 0 Å². The topological polar surface area (TPSA) is 77.0 Å².